The number of carbonyl (C=O) groups excluding carboxylic acids is 1. The Morgan fingerprint density at radius 1 is 1.24 bits per heavy atom. The molecule has 0 spiro atoms. The SMILES string of the molecule is Cl.NCCN(CC(=O)NC1CCCC1)Cc1ccccc1. The lowest BCUT2D eigenvalue weighted by molar-refractivity contribution is -0.123. The van der Waals surface area contributed by atoms with Crippen LogP contribution < -0.4 is 11.1 Å². The van der Waals surface area contributed by atoms with Gasteiger partial charge in [0, 0.05) is 25.7 Å². The Morgan fingerprint density at radius 3 is 2.52 bits per heavy atom. The summed E-state index contributed by atoms with van der Waals surface area (Å²) in [7, 11) is 0. The number of nitrogens with zero attached hydrogens (tertiary/aromatic N) is 1. The fourth-order valence-corrected chi connectivity index (χ4v) is 2.78. The van der Waals surface area contributed by atoms with Gasteiger partial charge in [-0.05, 0) is 18.4 Å². The van der Waals surface area contributed by atoms with Gasteiger partial charge in [-0.15, -0.1) is 12.4 Å². The number of hydrogen-bond acceptors (Lipinski definition) is 3. The zero-order valence-electron chi connectivity index (χ0n) is 12.5. The monoisotopic (exact) mass is 311 g/mol. The largest absolute Gasteiger partial charge is 0.352 e. The molecule has 1 aliphatic carbocycles. The van der Waals surface area contributed by atoms with Gasteiger partial charge < -0.3 is 11.1 Å². The molecule has 0 bridgehead atoms. The third-order valence-corrected chi connectivity index (χ3v) is 3.78. The Kier molecular flexibility index (Phi) is 8.35. The maximum atomic E-state index is 12.1. The lowest BCUT2D eigenvalue weighted by Gasteiger charge is -2.22. The maximum absolute atomic E-state index is 12.1. The van der Waals surface area contributed by atoms with Crippen molar-refractivity contribution in [3.63, 3.8) is 0 Å². The first kappa shape index (κ1) is 18.0. The van der Waals surface area contributed by atoms with Crippen LogP contribution in [0.3, 0.4) is 0 Å². The average Bonchev–Trinajstić information content (AvgIpc) is 2.93. The van der Waals surface area contributed by atoms with E-state index in [2.05, 4.69) is 22.3 Å². The van der Waals surface area contributed by atoms with Crippen molar-refractivity contribution in [1.82, 2.24) is 10.2 Å². The van der Waals surface area contributed by atoms with Crippen molar-refractivity contribution in [3.05, 3.63) is 35.9 Å². The van der Waals surface area contributed by atoms with Crippen LogP contribution in [0.4, 0.5) is 0 Å². The van der Waals surface area contributed by atoms with Crippen molar-refractivity contribution < 1.29 is 4.79 Å². The highest BCUT2D eigenvalue weighted by atomic mass is 35.5. The first-order chi connectivity index (χ1) is 9.78. The summed E-state index contributed by atoms with van der Waals surface area (Å²) in [5, 5.41) is 3.13. The Hall–Kier alpha value is -1.10. The molecule has 0 saturated heterocycles. The van der Waals surface area contributed by atoms with Crippen LogP contribution in [0.1, 0.15) is 31.2 Å². The predicted molar refractivity (Wildman–Crippen MR) is 88.4 cm³/mol. The van der Waals surface area contributed by atoms with Gasteiger partial charge in [0.25, 0.3) is 0 Å². The van der Waals surface area contributed by atoms with Gasteiger partial charge in [-0.2, -0.15) is 0 Å². The normalized spacial score (nSPS) is 15.0. The molecule has 1 amide bonds. The third-order valence-electron chi connectivity index (χ3n) is 3.78. The molecule has 0 radical (unpaired) electrons. The van der Waals surface area contributed by atoms with Crippen LogP contribution in [0, 0.1) is 0 Å². The van der Waals surface area contributed by atoms with Crippen LogP contribution in [0.25, 0.3) is 0 Å². The molecule has 0 atom stereocenters. The van der Waals surface area contributed by atoms with E-state index in [-0.39, 0.29) is 18.3 Å². The molecule has 0 aromatic heterocycles. The molecule has 1 aromatic rings. The van der Waals surface area contributed by atoms with Crippen LogP contribution in [-0.4, -0.2) is 36.5 Å². The van der Waals surface area contributed by atoms with E-state index in [9.17, 15) is 4.79 Å². The molecule has 0 heterocycles. The van der Waals surface area contributed by atoms with Gasteiger partial charge in [0.1, 0.15) is 0 Å². The van der Waals surface area contributed by atoms with E-state index in [4.69, 9.17) is 5.73 Å². The van der Waals surface area contributed by atoms with Crippen molar-refractivity contribution >= 4 is 18.3 Å². The average molecular weight is 312 g/mol. The van der Waals surface area contributed by atoms with E-state index >= 15 is 0 Å². The Balaban J connectivity index is 0.00000220. The minimum absolute atomic E-state index is 0. The molecular weight excluding hydrogens is 286 g/mol. The third kappa shape index (κ3) is 6.46. The second-order valence-corrected chi connectivity index (χ2v) is 5.53. The van der Waals surface area contributed by atoms with Crippen LogP contribution in [-0.2, 0) is 11.3 Å². The summed E-state index contributed by atoms with van der Waals surface area (Å²) in [6.07, 6.45) is 4.73. The standard InChI is InChI=1S/C16H25N3O.ClH/c17-10-11-19(12-14-6-2-1-3-7-14)13-16(20)18-15-8-4-5-9-15;/h1-3,6-7,15H,4-5,8-13,17H2,(H,18,20);1H. The van der Waals surface area contributed by atoms with Gasteiger partial charge in [-0.25, -0.2) is 0 Å². The molecule has 0 aliphatic heterocycles. The molecular formula is C16H26ClN3O. The summed E-state index contributed by atoms with van der Waals surface area (Å²) >= 11 is 0. The quantitative estimate of drug-likeness (QED) is 0.809. The van der Waals surface area contributed by atoms with E-state index in [0.29, 0.717) is 19.1 Å². The molecule has 1 saturated carbocycles. The molecule has 0 unspecified atom stereocenters. The van der Waals surface area contributed by atoms with E-state index in [1.807, 2.05) is 18.2 Å². The van der Waals surface area contributed by atoms with Crippen molar-refractivity contribution in [1.29, 1.82) is 0 Å². The summed E-state index contributed by atoms with van der Waals surface area (Å²) in [5.41, 5.74) is 6.87. The zero-order chi connectivity index (χ0) is 14.2. The van der Waals surface area contributed by atoms with Crippen molar-refractivity contribution in [3.8, 4) is 0 Å². The fourth-order valence-electron chi connectivity index (χ4n) is 2.78. The van der Waals surface area contributed by atoms with Crippen molar-refractivity contribution in [2.75, 3.05) is 19.6 Å². The lowest BCUT2D eigenvalue weighted by Crippen LogP contribution is -2.42. The molecule has 21 heavy (non-hydrogen) atoms. The summed E-state index contributed by atoms with van der Waals surface area (Å²) in [5.74, 6) is 0.126. The first-order valence-corrected chi connectivity index (χ1v) is 7.53. The van der Waals surface area contributed by atoms with E-state index < -0.39 is 0 Å². The van der Waals surface area contributed by atoms with Crippen LogP contribution in [0.5, 0.6) is 0 Å². The molecule has 1 fully saturated rings. The Labute approximate surface area is 133 Å². The van der Waals surface area contributed by atoms with E-state index in [0.717, 1.165) is 25.9 Å². The van der Waals surface area contributed by atoms with E-state index in [1.54, 1.807) is 0 Å². The number of halogens is 1. The molecule has 3 N–H and O–H groups in total. The van der Waals surface area contributed by atoms with Crippen molar-refractivity contribution in [2.24, 2.45) is 5.73 Å². The number of benzene rings is 1. The number of rotatable bonds is 7. The molecule has 5 heteroatoms. The first-order valence-electron chi connectivity index (χ1n) is 7.53. The highest BCUT2D eigenvalue weighted by Crippen LogP contribution is 2.17. The topological polar surface area (TPSA) is 58.4 Å². The Bertz CT molecular complexity index is 407. The molecule has 2 rings (SSSR count). The number of nitrogens with two attached hydrogens (primary N) is 1. The summed E-state index contributed by atoms with van der Waals surface area (Å²) in [6, 6.07) is 10.6. The highest BCUT2D eigenvalue weighted by Gasteiger charge is 2.18. The van der Waals surface area contributed by atoms with Gasteiger partial charge >= 0.3 is 0 Å². The fraction of sp³-hybridized carbons (Fsp3) is 0.562. The Morgan fingerprint density at radius 2 is 1.90 bits per heavy atom. The van der Waals surface area contributed by atoms with Crippen LogP contribution >= 0.6 is 12.4 Å². The smallest absolute Gasteiger partial charge is 0.234 e. The van der Waals surface area contributed by atoms with Gasteiger partial charge in [-0.3, -0.25) is 9.69 Å². The predicted octanol–water partition coefficient (Wildman–Crippen LogP) is 1.93. The minimum Gasteiger partial charge on any atom is -0.352 e. The highest BCUT2D eigenvalue weighted by molar-refractivity contribution is 5.85. The van der Waals surface area contributed by atoms with Gasteiger partial charge in [0.05, 0.1) is 6.54 Å². The molecule has 118 valence electrons. The summed E-state index contributed by atoms with van der Waals surface area (Å²) in [4.78, 5) is 14.2. The molecule has 1 aliphatic rings. The number of amides is 1. The second kappa shape index (κ2) is 9.77. The van der Waals surface area contributed by atoms with Gasteiger partial charge in [0.2, 0.25) is 5.91 Å². The van der Waals surface area contributed by atoms with E-state index in [1.165, 1.54) is 18.4 Å². The zero-order valence-corrected chi connectivity index (χ0v) is 13.3. The van der Waals surface area contributed by atoms with Crippen molar-refractivity contribution in [2.45, 2.75) is 38.3 Å². The summed E-state index contributed by atoms with van der Waals surface area (Å²) < 4.78 is 0. The van der Waals surface area contributed by atoms with Gasteiger partial charge in [0.15, 0.2) is 0 Å². The lowest BCUT2D eigenvalue weighted by atomic mass is 10.2. The maximum Gasteiger partial charge on any atom is 0.234 e. The molecule has 4 nitrogen and oxygen atoms in total. The number of hydrogen-bond donors (Lipinski definition) is 2. The number of carbonyl (C=O) groups is 1. The minimum atomic E-state index is 0. The number of nitrogens with one attached hydrogen (secondary N) is 1. The van der Waals surface area contributed by atoms with Crippen LogP contribution in [0.2, 0.25) is 0 Å². The van der Waals surface area contributed by atoms with Crippen LogP contribution in [0.15, 0.2) is 30.3 Å². The van der Waals surface area contributed by atoms with Gasteiger partial charge in [-0.1, -0.05) is 43.2 Å². The second-order valence-electron chi connectivity index (χ2n) is 5.53. The summed E-state index contributed by atoms with van der Waals surface area (Å²) in [6.45, 7) is 2.52. The molecule has 1 aromatic carbocycles.